The van der Waals surface area contributed by atoms with Crippen LogP contribution in [0.3, 0.4) is 0 Å². The zero-order valence-electron chi connectivity index (χ0n) is 9.72. The fraction of sp³-hybridized carbons (Fsp3) is 0.727. The van der Waals surface area contributed by atoms with E-state index in [1.165, 1.54) is 6.08 Å². The number of carboxylic acid groups (broad SMARTS) is 1. The molecule has 0 aromatic rings. The van der Waals surface area contributed by atoms with Crippen LogP contribution in [0.4, 0.5) is 0 Å². The highest BCUT2D eigenvalue weighted by atomic mass is 32.1. The van der Waals surface area contributed by atoms with Crippen LogP contribution in [0, 0.1) is 0 Å². The molecule has 0 amide bonds. The van der Waals surface area contributed by atoms with Gasteiger partial charge in [0, 0.05) is 12.3 Å². The van der Waals surface area contributed by atoms with Crippen LogP contribution in [-0.4, -0.2) is 39.2 Å². The molecule has 0 aliphatic rings. The van der Waals surface area contributed by atoms with Crippen LogP contribution < -0.4 is 0 Å². The predicted molar refractivity (Wildman–Crippen MR) is 67.1 cm³/mol. The lowest BCUT2D eigenvalue weighted by atomic mass is 9.93. The summed E-state index contributed by atoms with van der Waals surface area (Å²) in [7, 11) is 0. The molecule has 0 bridgehead atoms. The summed E-state index contributed by atoms with van der Waals surface area (Å²) in [5.41, 5.74) is -1.30. The van der Waals surface area contributed by atoms with Gasteiger partial charge in [-0.15, -0.1) is 6.58 Å². The van der Waals surface area contributed by atoms with Gasteiger partial charge in [0.1, 0.15) is 0 Å². The van der Waals surface area contributed by atoms with Crippen LogP contribution in [0.15, 0.2) is 12.7 Å². The van der Waals surface area contributed by atoms with E-state index >= 15 is 0 Å². The van der Waals surface area contributed by atoms with E-state index < -0.39 is 11.5 Å². The fourth-order valence-corrected chi connectivity index (χ4v) is 2.00. The van der Waals surface area contributed by atoms with Gasteiger partial charge in [-0.3, -0.25) is 4.79 Å². The maximum atomic E-state index is 11.3. The summed E-state index contributed by atoms with van der Waals surface area (Å²) in [5, 5.41) is 19.8. The highest BCUT2D eigenvalue weighted by molar-refractivity contribution is 7.80. The molecular weight excluding hydrogens is 226 g/mol. The highest BCUT2D eigenvalue weighted by Crippen LogP contribution is 2.24. The van der Waals surface area contributed by atoms with Crippen LogP contribution in [-0.2, 0) is 4.79 Å². The molecule has 0 aliphatic heterocycles. The number of hydroxylamine groups is 2. The minimum Gasteiger partial charge on any atom is -0.480 e. The topological polar surface area (TPSA) is 60.8 Å². The van der Waals surface area contributed by atoms with Crippen molar-refractivity contribution < 1.29 is 15.1 Å². The summed E-state index contributed by atoms with van der Waals surface area (Å²) in [5.74, 6) is -0.959. The fourth-order valence-electron chi connectivity index (χ4n) is 1.54. The second-order valence-corrected chi connectivity index (χ2v) is 4.14. The van der Waals surface area contributed by atoms with Crippen molar-refractivity contribution >= 4 is 18.6 Å². The Labute approximate surface area is 102 Å². The number of nitrogens with zero attached hydrogens (tertiary/aromatic N) is 1. The molecule has 4 nitrogen and oxygen atoms in total. The molecule has 0 aliphatic carbocycles. The zero-order chi connectivity index (χ0) is 12.6. The average Bonchev–Trinajstić information content (AvgIpc) is 2.24. The number of hydrogen-bond acceptors (Lipinski definition) is 4. The van der Waals surface area contributed by atoms with Crippen molar-refractivity contribution in [2.45, 2.75) is 38.1 Å². The average molecular weight is 247 g/mol. The van der Waals surface area contributed by atoms with Gasteiger partial charge in [0.05, 0.1) is 0 Å². The van der Waals surface area contributed by atoms with E-state index in [0.717, 1.165) is 24.3 Å². The second kappa shape index (κ2) is 7.70. The van der Waals surface area contributed by atoms with E-state index in [1.54, 1.807) is 0 Å². The molecule has 0 heterocycles. The monoisotopic (exact) mass is 247 g/mol. The molecule has 5 heteroatoms. The Morgan fingerprint density at radius 2 is 2.19 bits per heavy atom. The molecule has 0 radical (unpaired) electrons. The number of carboxylic acids is 1. The van der Waals surface area contributed by atoms with Gasteiger partial charge in [0.2, 0.25) is 0 Å². The van der Waals surface area contributed by atoms with Gasteiger partial charge in [0.15, 0.2) is 5.54 Å². The first-order chi connectivity index (χ1) is 7.55. The Morgan fingerprint density at radius 3 is 2.56 bits per heavy atom. The van der Waals surface area contributed by atoms with Gasteiger partial charge in [-0.1, -0.05) is 32.3 Å². The van der Waals surface area contributed by atoms with Crippen molar-refractivity contribution in [1.29, 1.82) is 0 Å². The van der Waals surface area contributed by atoms with Crippen molar-refractivity contribution in [3.05, 3.63) is 12.7 Å². The first kappa shape index (κ1) is 15.5. The molecule has 0 saturated carbocycles. The summed E-state index contributed by atoms with van der Waals surface area (Å²) in [4.78, 5) is 11.3. The van der Waals surface area contributed by atoms with Crippen molar-refractivity contribution in [2.24, 2.45) is 0 Å². The minimum atomic E-state index is -1.30. The second-order valence-electron chi connectivity index (χ2n) is 3.82. The molecule has 0 aromatic heterocycles. The molecule has 0 unspecified atom stereocenters. The van der Waals surface area contributed by atoms with E-state index in [9.17, 15) is 15.1 Å². The van der Waals surface area contributed by atoms with Crippen LogP contribution in [0.1, 0.15) is 32.6 Å². The van der Waals surface area contributed by atoms with Gasteiger partial charge in [-0.25, -0.2) is 0 Å². The van der Waals surface area contributed by atoms with E-state index in [4.69, 9.17) is 0 Å². The summed E-state index contributed by atoms with van der Waals surface area (Å²) in [6, 6.07) is 0. The molecule has 16 heavy (non-hydrogen) atoms. The molecular formula is C11H21NO3S. The Hall–Kier alpha value is -0.520. The van der Waals surface area contributed by atoms with Gasteiger partial charge in [-0.05, 0) is 6.42 Å². The molecule has 2 N–H and O–H groups in total. The zero-order valence-corrected chi connectivity index (χ0v) is 10.6. The first-order valence-corrected chi connectivity index (χ1v) is 6.10. The molecule has 0 fully saturated rings. The molecule has 1 atom stereocenters. The van der Waals surface area contributed by atoms with Gasteiger partial charge < -0.3 is 10.3 Å². The van der Waals surface area contributed by atoms with Crippen molar-refractivity contribution in [2.75, 3.05) is 12.3 Å². The quantitative estimate of drug-likeness (QED) is 0.253. The van der Waals surface area contributed by atoms with Crippen molar-refractivity contribution in [3.63, 3.8) is 0 Å². The number of unbranched alkanes of at least 4 members (excludes halogenated alkanes) is 2. The number of rotatable bonds is 9. The van der Waals surface area contributed by atoms with E-state index in [2.05, 4.69) is 19.2 Å². The van der Waals surface area contributed by atoms with Gasteiger partial charge in [0.25, 0.3) is 0 Å². The third kappa shape index (κ3) is 3.81. The molecule has 0 saturated heterocycles. The Balaban J connectivity index is 4.69. The van der Waals surface area contributed by atoms with Gasteiger partial charge >= 0.3 is 5.97 Å². The van der Waals surface area contributed by atoms with Crippen LogP contribution in [0.25, 0.3) is 0 Å². The lowest BCUT2D eigenvalue weighted by molar-refractivity contribution is -0.190. The highest BCUT2D eigenvalue weighted by Gasteiger charge is 2.42. The lowest BCUT2D eigenvalue weighted by Crippen LogP contribution is -2.55. The number of thiol groups is 1. The first-order valence-electron chi connectivity index (χ1n) is 5.46. The summed E-state index contributed by atoms with van der Waals surface area (Å²) < 4.78 is 0. The largest absolute Gasteiger partial charge is 0.480 e. The van der Waals surface area contributed by atoms with Crippen molar-refractivity contribution in [3.8, 4) is 0 Å². The summed E-state index contributed by atoms with van der Waals surface area (Å²) in [6.45, 7) is 5.65. The molecule has 0 rings (SSSR count). The SMILES string of the molecule is C=CCN(O)[C@](CS)(CCCCC)C(=O)O. The lowest BCUT2D eigenvalue weighted by Gasteiger charge is -2.34. The Kier molecular flexibility index (Phi) is 7.45. The van der Waals surface area contributed by atoms with E-state index in [0.29, 0.717) is 6.42 Å². The maximum Gasteiger partial charge on any atom is 0.327 e. The number of carbonyl (C=O) groups is 1. The molecule has 0 aromatic carbocycles. The normalized spacial score (nSPS) is 14.8. The minimum absolute atomic E-state index is 0.0797. The van der Waals surface area contributed by atoms with Crippen molar-refractivity contribution in [1.82, 2.24) is 5.06 Å². The number of hydrogen-bond donors (Lipinski definition) is 3. The molecule has 94 valence electrons. The van der Waals surface area contributed by atoms with Crippen LogP contribution in [0.2, 0.25) is 0 Å². The van der Waals surface area contributed by atoms with E-state index in [-0.39, 0.29) is 12.3 Å². The summed E-state index contributed by atoms with van der Waals surface area (Å²) in [6.07, 6.45) is 4.59. The number of aliphatic carboxylic acids is 1. The smallest absolute Gasteiger partial charge is 0.327 e. The van der Waals surface area contributed by atoms with Crippen LogP contribution in [0.5, 0.6) is 0 Å². The summed E-state index contributed by atoms with van der Waals surface area (Å²) >= 11 is 4.06. The van der Waals surface area contributed by atoms with Crippen LogP contribution >= 0.6 is 12.6 Å². The Bertz CT molecular complexity index is 235. The van der Waals surface area contributed by atoms with Gasteiger partial charge in [-0.2, -0.15) is 17.7 Å². The van der Waals surface area contributed by atoms with E-state index in [1.807, 2.05) is 6.92 Å². The molecule has 0 spiro atoms. The third-order valence-electron chi connectivity index (χ3n) is 2.65. The maximum absolute atomic E-state index is 11.3. The Morgan fingerprint density at radius 1 is 1.56 bits per heavy atom. The third-order valence-corrected chi connectivity index (χ3v) is 3.17. The predicted octanol–water partition coefficient (Wildman–Crippen LogP) is 2.20. The standard InChI is InChI=1S/C11H21NO3S/c1-3-5-6-7-11(9-16,10(13)14)12(15)8-4-2/h4,15-16H,2-3,5-9H2,1H3,(H,13,14)/t11-/m0/s1.